The van der Waals surface area contributed by atoms with E-state index in [4.69, 9.17) is 35.0 Å². The van der Waals surface area contributed by atoms with Crippen LogP contribution < -0.4 is 5.14 Å². The van der Waals surface area contributed by atoms with E-state index in [1.54, 1.807) is 43.7 Å². The van der Waals surface area contributed by atoms with Gasteiger partial charge in [0, 0.05) is 86.5 Å². The number of ether oxygens (including phenoxy) is 2. The van der Waals surface area contributed by atoms with Crippen molar-refractivity contribution in [2.24, 2.45) is 21.4 Å². The Kier molecular flexibility index (Phi) is 47.9. The molecule has 18 heteroatoms. The molecule has 2 amide bonds. The van der Waals surface area contributed by atoms with E-state index in [2.05, 4.69) is 4.40 Å². The molecule has 0 aromatic heterocycles. The van der Waals surface area contributed by atoms with Crippen LogP contribution >= 0.6 is 0 Å². The number of nitrogens with zero attached hydrogens (tertiary/aromatic N) is 3. The van der Waals surface area contributed by atoms with Crippen LogP contribution in [0.2, 0.25) is 0 Å². The number of aliphatic hydroxyl groups is 4. The third-order valence-electron chi connectivity index (χ3n) is 6.07. The Labute approximate surface area is 367 Å². The number of piperidine rings is 2. The second-order valence-electron chi connectivity index (χ2n) is 16.0. The first kappa shape index (κ1) is 70.3. The molecule has 0 aromatic carbocycles. The van der Waals surface area contributed by atoms with Gasteiger partial charge < -0.3 is 44.5 Å². The molecule has 0 bridgehead atoms. The number of hydrogen-bond donors (Lipinski definition) is 5. The minimum absolute atomic E-state index is 0. The Morgan fingerprint density at radius 1 is 0.649 bits per heavy atom. The predicted molar refractivity (Wildman–Crippen MR) is 233 cm³/mol. The number of aldehydes is 1. The molecule has 0 aromatic rings. The Hall–Kier alpha value is -1.31. The van der Waals surface area contributed by atoms with Crippen LogP contribution in [0.1, 0.15) is 144 Å². The Morgan fingerprint density at radius 2 is 0.895 bits per heavy atom. The Morgan fingerprint density at radius 3 is 1.09 bits per heavy atom. The zero-order valence-electron chi connectivity index (χ0n) is 37.7. The molecule has 0 saturated carbocycles. The zero-order chi connectivity index (χ0) is 44.6. The summed E-state index contributed by atoms with van der Waals surface area (Å²) in [6.07, 6.45) is 5.43. The van der Waals surface area contributed by atoms with Crippen molar-refractivity contribution in [2.75, 3.05) is 52.6 Å². The van der Waals surface area contributed by atoms with E-state index in [0.717, 1.165) is 32.0 Å². The maximum absolute atomic E-state index is 11.9. The summed E-state index contributed by atoms with van der Waals surface area (Å²) in [7, 11) is -2.39. The van der Waals surface area contributed by atoms with Crippen molar-refractivity contribution in [1.29, 1.82) is 0 Å². The molecule has 0 unspecified atom stereocenters. The van der Waals surface area contributed by atoms with Crippen LogP contribution in [0.5, 0.6) is 0 Å². The van der Waals surface area contributed by atoms with Gasteiger partial charge in [-0.1, -0.05) is 7.43 Å². The third kappa shape index (κ3) is 49.0. The van der Waals surface area contributed by atoms with Gasteiger partial charge in [0.2, 0.25) is 0 Å². The molecule has 2 rings (SSSR count). The number of carbonyl (C=O) groups is 3. The molecular formula is C39H86N4O11S2Ti. The van der Waals surface area contributed by atoms with Crippen molar-refractivity contribution < 1.29 is 74.4 Å². The minimum atomic E-state index is -1.21. The van der Waals surface area contributed by atoms with E-state index in [-0.39, 0.29) is 89.1 Å². The maximum Gasteiger partial charge on any atom is 0.410 e. The fraction of sp³-hybridized carbons (Fsp3) is 0.897. The molecule has 2 saturated heterocycles. The normalized spacial score (nSPS) is 15.5. The summed E-state index contributed by atoms with van der Waals surface area (Å²) in [5.41, 5.74) is -0.905. The fourth-order valence-electron chi connectivity index (χ4n) is 3.40. The van der Waals surface area contributed by atoms with E-state index in [9.17, 15) is 22.8 Å². The SMILES string of the molecule is C.CC(C)(C)OC(=O)N1CCC(C=N[S@@](=O)C(C)(C)C)CC1.CC(C)(C)OC(=O)N1CCC(C=O)CC1.CC(C)(C)[S@@](N)=O.CCO.CCO.CCO.CCO.[Ti]. The average Bonchev–Trinajstić information content (AvgIpc) is 3.03. The summed E-state index contributed by atoms with van der Waals surface area (Å²) in [5.74, 6) is 0.402. The molecule has 344 valence electrons. The summed E-state index contributed by atoms with van der Waals surface area (Å²) in [6, 6.07) is 0. The number of amides is 2. The van der Waals surface area contributed by atoms with Crippen molar-refractivity contribution in [3.05, 3.63) is 0 Å². The van der Waals surface area contributed by atoms with Crippen LogP contribution in [-0.2, 0) is 58.0 Å². The second kappa shape index (κ2) is 38.9. The fourth-order valence-corrected chi connectivity index (χ4v) is 4.00. The number of nitrogens with two attached hydrogens (primary N) is 1. The monoisotopic (exact) mass is 899 g/mol. The van der Waals surface area contributed by atoms with Crippen LogP contribution in [0.25, 0.3) is 0 Å². The number of aliphatic hydroxyl groups excluding tert-OH is 4. The first-order valence-corrected chi connectivity index (χ1v) is 21.3. The van der Waals surface area contributed by atoms with Gasteiger partial charge in [-0.2, -0.15) is 4.40 Å². The minimum Gasteiger partial charge on any atom is -0.444 e. The van der Waals surface area contributed by atoms with Crippen LogP contribution in [-0.4, -0.2) is 137 Å². The predicted octanol–water partition coefficient (Wildman–Crippen LogP) is 6.03. The van der Waals surface area contributed by atoms with Gasteiger partial charge in [0.15, 0.2) is 0 Å². The van der Waals surface area contributed by atoms with E-state index in [0.29, 0.717) is 26.2 Å². The number of likely N-dealkylation sites (tertiary alicyclic amines) is 2. The standard InChI is InChI=1S/C15H28N2O3S.C11H19NO3.C4H11NOS.4C2H6O.CH4.Ti/c1-14(2,3)20-13(18)17-9-7-12(8-10-17)11-16-21(19)15(4,5)6;1-11(2,3)15-10(14)12-6-4-9(8-13)5-7-12;1-4(2,3)7(5)6;4*1-2-3;;/h11-12H,7-10H2,1-6H3;8-9H,4-7H2,1-3H3;5H2,1-3H3;4*3H,2H2,1H3;1H4;/t21-;;7-;;;;;;/m0.0....../s1. The Balaban J connectivity index is -0.000000121. The molecule has 2 aliphatic heterocycles. The zero-order valence-corrected chi connectivity index (χ0v) is 40.9. The van der Waals surface area contributed by atoms with Crippen molar-refractivity contribution in [1.82, 2.24) is 9.80 Å². The third-order valence-corrected chi connectivity index (χ3v) is 8.64. The number of hydrogen-bond acceptors (Lipinski definition) is 11. The summed E-state index contributed by atoms with van der Waals surface area (Å²) >= 11 is 0. The molecule has 15 nitrogen and oxygen atoms in total. The molecule has 0 aliphatic carbocycles. The molecule has 2 aliphatic rings. The largest absolute Gasteiger partial charge is 0.444 e. The summed E-state index contributed by atoms with van der Waals surface area (Å²) in [4.78, 5) is 37.5. The molecule has 6 N–H and O–H groups in total. The number of rotatable bonds is 3. The van der Waals surface area contributed by atoms with Crippen LogP contribution in [0, 0.1) is 11.8 Å². The van der Waals surface area contributed by atoms with Crippen LogP contribution in [0.4, 0.5) is 9.59 Å². The van der Waals surface area contributed by atoms with E-state index in [1.807, 2.05) is 83.1 Å². The molecule has 0 spiro atoms. The molecule has 0 radical (unpaired) electrons. The van der Waals surface area contributed by atoms with E-state index >= 15 is 0 Å². The summed E-state index contributed by atoms with van der Waals surface area (Å²) < 4.78 is 36.4. The van der Waals surface area contributed by atoms with Gasteiger partial charge in [-0.15, -0.1) is 0 Å². The first-order valence-electron chi connectivity index (χ1n) is 19.0. The van der Waals surface area contributed by atoms with Crippen molar-refractivity contribution in [3.63, 3.8) is 0 Å². The van der Waals surface area contributed by atoms with Crippen LogP contribution in [0.3, 0.4) is 0 Å². The molecule has 2 fully saturated rings. The van der Waals surface area contributed by atoms with Crippen molar-refractivity contribution in [3.8, 4) is 0 Å². The van der Waals surface area contributed by atoms with Gasteiger partial charge in [0.1, 0.15) is 28.5 Å². The number of carbonyl (C=O) groups excluding carboxylic acids is 3. The van der Waals surface area contributed by atoms with Crippen LogP contribution in [0.15, 0.2) is 4.40 Å². The van der Waals surface area contributed by atoms with Gasteiger partial charge in [-0.05, 0) is 142 Å². The quantitative estimate of drug-likeness (QED) is 0.125. The van der Waals surface area contributed by atoms with Crippen molar-refractivity contribution in [2.45, 2.75) is 165 Å². The molecule has 2 atom stereocenters. The smallest absolute Gasteiger partial charge is 0.410 e. The first-order chi connectivity index (χ1) is 25.0. The summed E-state index contributed by atoms with van der Waals surface area (Å²) in [5, 5.41) is 35.3. The van der Waals surface area contributed by atoms with Gasteiger partial charge in [0.25, 0.3) is 0 Å². The van der Waals surface area contributed by atoms with E-state index < -0.39 is 33.2 Å². The molecule has 57 heavy (non-hydrogen) atoms. The average molecular weight is 899 g/mol. The van der Waals surface area contributed by atoms with Crippen molar-refractivity contribution >= 4 is 46.7 Å². The topological polar surface area (TPSA) is 230 Å². The summed E-state index contributed by atoms with van der Waals surface area (Å²) in [6.45, 7) is 32.7. The van der Waals surface area contributed by atoms with E-state index in [1.165, 1.54) is 0 Å². The molecular weight excluding hydrogens is 812 g/mol. The molecule has 2 heterocycles. The van der Waals surface area contributed by atoms with Gasteiger partial charge >= 0.3 is 12.2 Å². The van der Waals surface area contributed by atoms with Gasteiger partial charge in [0.05, 0.1) is 20.5 Å². The second-order valence-corrected chi connectivity index (χ2v) is 19.8. The maximum atomic E-state index is 11.9. The van der Waals surface area contributed by atoms with Gasteiger partial charge in [-0.25, -0.2) is 18.0 Å². The Bertz CT molecular complexity index is 1040. The van der Waals surface area contributed by atoms with Gasteiger partial charge in [-0.3, -0.25) is 5.14 Å².